The summed E-state index contributed by atoms with van der Waals surface area (Å²) in [7, 11) is 3.20. The van der Waals surface area contributed by atoms with Crippen LogP contribution >= 0.6 is 0 Å². The minimum atomic E-state index is 0.451. The van der Waals surface area contributed by atoms with E-state index in [9.17, 15) is 0 Å². The van der Waals surface area contributed by atoms with Gasteiger partial charge in [0.05, 0.1) is 44.5 Å². The molecule has 1 saturated heterocycles. The molecule has 4 rings (SSSR count). The average Bonchev–Trinajstić information content (AvgIpc) is 3.26. The first-order valence-corrected chi connectivity index (χ1v) is 9.96. The maximum atomic E-state index is 6.20. The molecule has 3 N–H and O–H groups in total. The van der Waals surface area contributed by atoms with E-state index in [4.69, 9.17) is 14.2 Å². The molecule has 2 aromatic heterocycles. The molecule has 0 aliphatic carbocycles. The molecule has 1 atom stereocenters. The Labute approximate surface area is 175 Å². The number of hydrogen-bond acceptors (Lipinski definition) is 8. The molecule has 3 aromatic rings. The third-order valence-corrected chi connectivity index (χ3v) is 5.02. The van der Waals surface area contributed by atoms with Gasteiger partial charge >= 0.3 is 0 Å². The Balaban J connectivity index is 1.53. The predicted octanol–water partition coefficient (Wildman–Crippen LogP) is 3.01. The zero-order valence-electron chi connectivity index (χ0n) is 17.1. The van der Waals surface area contributed by atoms with E-state index >= 15 is 0 Å². The quantitative estimate of drug-likeness (QED) is 0.520. The Morgan fingerprint density at radius 3 is 2.73 bits per heavy atom. The lowest BCUT2D eigenvalue weighted by molar-refractivity contribution is 0.218. The van der Waals surface area contributed by atoms with Gasteiger partial charge in [-0.15, -0.1) is 0 Å². The second-order valence-electron chi connectivity index (χ2n) is 7.09. The summed E-state index contributed by atoms with van der Waals surface area (Å²) in [6.07, 6.45) is 5.49. The Bertz CT molecular complexity index is 954. The third kappa shape index (κ3) is 4.62. The number of nitrogens with zero attached hydrogens (tertiary/aromatic N) is 3. The number of methoxy groups -OCH3 is 2. The van der Waals surface area contributed by atoms with Crippen molar-refractivity contribution in [2.45, 2.75) is 12.8 Å². The predicted molar refractivity (Wildman–Crippen MR) is 114 cm³/mol. The van der Waals surface area contributed by atoms with Gasteiger partial charge in [-0.1, -0.05) is 6.07 Å². The molecule has 9 heteroatoms. The molecule has 0 spiro atoms. The first kappa shape index (κ1) is 20.0. The fourth-order valence-electron chi connectivity index (χ4n) is 3.47. The number of aromatic nitrogens is 4. The van der Waals surface area contributed by atoms with E-state index in [1.807, 2.05) is 24.3 Å². The van der Waals surface area contributed by atoms with Crippen molar-refractivity contribution in [1.29, 1.82) is 0 Å². The smallest absolute Gasteiger partial charge is 0.232 e. The lowest BCUT2D eigenvalue weighted by Crippen LogP contribution is -2.33. The molecule has 1 fully saturated rings. The van der Waals surface area contributed by atoms with Crippen LogP contribution in [0.2, 0.25) is 0 Å². The fourth-order valence-corrected chi connectivity index (χ4v) is 3.47. The van der Waals surface area contributed by atoms with Gasteiger partial charge in [0, 0.05) is 18.5 Å². The summed E-state index contributed by atoms with van der Waals surface area (Å²) in [5.41, 5.74) is 1.62. The van der Waals surface area contributed by atoms with E-state index < -0.39 is 0 Å². The van der Waals surface area contributed by atoms with Gasteiger partial charge in [0.2, 0.25) is 5.88 Å². The first-order valence-electron chi connectivity index (χ1n) is 9.96. The van der Waals surface area contributed by atoms with E-state index in [2.05, 4.69) is 30.8 Å². The molecule has 3 heterocycles. The van der Waals surface area contributed by atoms with E-state index in [1.165, 1.54) is 12.8 Å². The molecule has 1 aliphatic heterocycles. The molecule has 0 unspecified atom stereocenters. The second-order valence-corrected chi connectivity index (χ2v) is 7.09. The summed E-state index contributed by atoms with van der Waals surface area (Å²) < 4.78 is 16.8. The van der Waals surface area contributed by atoms with Crippen LogP contribution in [0.15, 0.2) is 36.7 Å². The lowest BCUT2D eigenvalue weighted by atomic mass is 10.0. The number of rotatable bonds is 8. The second kappa shape index (κ2) is 9.45. The van der Waals surface area contributed by atoms with Gasteiger partial charge in [0.15, 0.2) is 5.82 Å². The van der Waals surface area contributed by atoms with Crippen molar-refractivity contribution in [3.8, 4) is 28.6 Å². The fraction of sp³-hybridized carbons (Fsp3) is 0.381. The standard InChI is InChI=1S/C21H26N6O3/c1-28-16-6-3-7-17(30-13-14-5-4-8-22-10-14)21(16)15-9-18(27-26-15)25-19-11-24-20(29-2)12-23-19/h3,6-7,9,11-12,14,22H,4-5,8,10,13H2,1-2H3,(H2,23,25,26,27)/t14-/m0/s1. The van der Waals surface area contributed by atoms with Gasteiger partial charge in [-0.2, -0.15) is 5.10 Å². The van der Waals surface area contributed by atoms with Gasteiger partial charge in [0.25, 0.3) is 0 Å². The molecule has 0 amide bonds. The molecule has 0 saturated carbocycles. The average molecular weight is 410 g/mol. The van der Waals surface area contributed by atoms with Crippen molar-refractivity contribution >= 4 is 11.6 Å². The van der Waals surface area contributed by atoms with Crippen LogP contribution in [-0.2, 0) is 0 Å². The number of hydrogen-bond donors (Lipinski definition) is 3. The van der Waals surface area contributed by atoms with Gasteiger partial charge < -0.3 is 24.8 Å². The Morgan fingerprint density at radius 1 is 1.10 bits per heavy atom. The SMILES string of the molecule is COc1cnc(Nc2cc(-c3c(OC)cccc3OC[C@H]3CCCNC3)[nH]n2)cn1. The minimum absolute atomic E-state index is 0.451. The van der Waals surface area contributed by atoms with Gasteiger partial charge in [-0.05, 0) is 31.5 Å². The molecule has 1 aromatic carbocycles. The molecule has 30 heavy (non-hydrogen) atoms. The number of H-pyrrole nitrogens is 1. The number of nitrogens with one attached hydrogen (secondary N) is 3. The van der Waals surface area contributed by atoms with E-state index in [0.717, 1.165) is 30.1 Å². The highest BCUT2D eigenvalue weighted by molar-refractivity contribution is 5.76. The maximum absolute atomic E-state index is 6.20. The van der Waals surface area contributed by atoms with Crippen molar-refractivity contribution in [2.24, 2.45) is 5.92 Å². The summed E-state index contributed by atoms with van der Waals surface area (Å²) in [6, 6.07) is 7.68. The summed E-state index contributed by atoms with van der Waals surface area (Å²) in [6.45, 7) is 2.73. The topological polar surface area (TPSA) is 106 Å². The lowest BCUT2D eigenvalue weighted by Gasteiger charge is -2.23. The van der Waals surface area contributed by atoms with Crippen LogP contribution in [0.25, 0.3) is 11.3 Å². The zero-order valence-corrected chi connectivity index (χ0v) is 17.1. The minimum Gasteiger partial charge on any atom is -0.496 e. The number of benzene rings is 1. The van der Waals surface area contributed by atoms with Gasteiger partial charge in [-0.25, -0.2) is 9.97 Å². The summed E-state index contributed by atoms with van der Waals surface area (Å²) in [5, 5.41) is 14.0. The highest BCUT2D eigenvalue weighted by Crippen LogP contribution is 2.38. The Hall–Kier alpha value is -3.33. The third-order valence-electron chi connectivity index (χ3n) is 5.02. The molecule has 0 bridgehead atoms. The molecule has 158 valence electrons. The zero-order chi connectivity index (χ0) is 20.8. The normalized spacial score (nSPS) is 16.1. The largest absolute Gasteiger partial charge is 0.496 e. The number of aromatic amines is 1. The number of ether oxygens (including phenoxy) is 3. The molecular formula is C21H26N6O3. The van der Waals surface area contributed by atoms with E-state index in [0.29, 0.717) is 35.8 Å². The van der Waals surface area contributed by atoms with Crippen molar-refractivity contribution < 1.29 is 14.2 Å². The van der Waals surface area contributed by atoms with Crippen LogP contribution in [-0.4, -0.2) is 54.1 Å². The molecule has 9 nitrogen and oxygen atoms in total. The van der Waals surface area contributed by atoms with Crippen LogP contribution in [0.1, 0.15) is 12.8 Å². The Morgan fingerprint density at radius 2 is 2.00 bits per heavy atom. The van der Waals surface area contributed by atoms with Crippen molar-refractivity contribution in [2.75, 3.05) is 39.2 Å². The summed E-state index contributed by atoms with van der Waals surface area (Å²) in [4.78, 5) is 8.39. The van der Waals surface area contributed by atoms with Crippen molar-refractivity contribution in [1.82, 2.24) is 25.5 Å². The van der Waals surface area contributed by atoms with Crippen LogP contribution in [0.4, 0.5) is 11.6 Å². The van der Waals surface area contributed by atoms with Gasteiger partial charge in [0.1, 0.15) is 17.3 Å². The highest BCUT2D eigenvalue weighted by atomic mass is 16.5. The Kier molecular flexibility index (Phi) is 6.29. The first-order chi connectivity index (χ1) is 14.8. The van der Waals surface area contributed by atoms with Crippen molar-refractivity contribution in [3.05, 3.63) is 36.7 Å². The summed E-state index contributed by atoms with van der Waals surface area (Å²) in [5.74, 6) is 3.61. The van der Waals surface area contributed by atoms with E-state index in [-0.39, 0.29) is 0 Å². The molecular weight excluding hydrogens is 384 g/mol. The number of piperidine rings is 1. The monoisotopic (exact) mass is 410 g/mol. The van der Waals surface area contributed by atoms with Crippen molar-refractivity contribution in [3.63, 3.8) is 0 Å². The van der Waals surface area contributed by atoms with Crippen LogP contribution < -0.4 is 24.8 Å². The van der Waals surface area contributed by atoms with Gasteiger partial charge in [-0.3, -0.25) is 5.10 Å². The maximum Gasteiger partial charge on any atom is 0.232 e. The van der Waals surface area contributed by atoms with Crippen LogP contribution in [0.5, 0.6) is 17.4 Å². The highest BCUT2D eigenvalue weighted by Gasteiger charge is 2.18. The summed E-state index contributed by atoms with van der Waals surface area (Å²) >= 11 is 0. The molecule has 1 aliphatic rings. The van der Waals surface area contributed by atoms with E-state index in [1.54, 1.807) is 26.6 Å². The van der Waals surface area contributed by atoms with Crippen LogP contribution in [0.3, 0.4) is 0 Å². The number of anilines is 2. The molecule has 0 radical (unpaired) electrons. The van der Waals surface area contributed by atoms with Crippen LogP contribution in [0, 0.1) is 5.92 Å².